The molecule has 98 valence electrons. The molecule has 18 heavy (non-hydrogen) atoms. The highest BCUT2D eigenvalue weighted by atomic mass is 79.9. The number of hydrogen-bond acceptors (Lipinski definition) is 4. The molecule has 0 atom stereocenters. The minimum Gasteiger partial charge on any atom is -0.258 e. The number of halogens is 2. The first-order valence-electron chi connectivity index (χ1n) is 4.51. The molecule has 9 heteroatoms. The quantitative estimate of drug-likeness (QED) is 0.656. The number of hydrogen-bond donors (Lipinski definition) is 1. The number of benzene rings is 1. The smallest absolute Gasteiger partial charge is 0.258 e. The zero-order valence-electron chi connectivity index (χ0n) is 8.89. The molecular formula is C9H8BrFN2O4S. The third-order valence-electron chi connectivity index (χ3n) is 1.88. The standard InChI is InChI=1S/C9H8BrFN2O4S/c1-6(10)5-12-18(16,17)7-2-3-8(11)9(4-7)13(14)15/h2-4,12H,1,5H2. The average molecular weight is 339 g/mol. The fraction of sp³-hybridized carbons (Fsp3) is 0.111. The van der Waals surface area contributed by atoms with Crippen LogP contribution < -0.4 is 4.72 Å². The first-order chi connectivity index (χ1) is 8.24. The van der Waals surface area contributed by atoms with E-state index in [2.05, 4.69) is 27.2 Å². The van der Waals surface area contributed by atoms with Crippen LogP contribution in [0.25, 0.3) is 0 Å². The number of nitrogens with one attached hydrogen (secondary N) is 1. The Labute approximate surface area is 111 Å². The minimum absolute atomic E-state index is 0.0759. The molecule has 0 amide bonds. The molecule has 0 aliphatic heterocycles. The van der Waals surface area contributed by atoms with Gasteiger partial charge in [0.25, 0.3) is 0 Å². The van der Waals surface area contributed by atoms with E-state index in [0.29, 0.717) is 10.5 Å². The molecule has 1 aromatic rings. The molecule has 0 radical (unpaired) electrons. The Bertz CT molecular complexity index is 603. The van der Waals surface area contributed by atoms with Crippen molar-refractivity contribution in [2.45, 2.75) is 4.90 Å². The van der Waals surface area contributed by atoms with Crippen molar-refractivity contribution in [1.29, 1.82) is 0 Å². The van der Waals surface area contributed by atoms with Crippen molar-refractivity contribution < 1.29 is 17.7 Å². The lowest BCUT2D eigenvalue weighted by molar-refractivity contribution is -0.387. The van der Waals surface area contributed by atoms with Crippen molar-refractivity contribution >= 4 is 31.6 Å². The molecule has 0 saturated carbocycles. The zero-order chi connectivity index (χ0) is 13.9. The Hall–Kier alpha value is -1.32. The summed E-state index contributed by atoms with van der Waals surface area (Å²) < 4.78 is 39.0. The molecular weight excluding hydrogens is 331 g/mol. The highest BCUT2D eigenvalue weighted by Crippen LogP contribution is 2.21. The highest BCUT2D eigenvalue weighted by molar-refractivity contribution is 9.11. The molecule has 0 unspecified atom stereocenters. The summed E-state index contributed by atoms with van der Waals surface area (Å²) >= 11 is 2.96. The minimum atomic E-state index is -3.94. The summed E-state index contributed by atoms with van der Waals surface area (Å²) in [6.45, 7) is 3.36. The lowest BCUT2D eigenvalue weighted by Gasteiger charge is -2.05. The van der Waals surface area contributed by atoms with Crippen LogP contribution in [-0.4, -0.2) is 19.9 Å². The molecule has 0 saturated heterocycles. The molecule has 6 nitrogen and oxygen atoms in total. The number of nitro groups is 1. The fourth-order valence-electron chi connectivity index (χ4n) is 1.06. The predicted octanol–water partition coefficient (Wildman–Crippen LogP) is 1.92. The zero-order valence-corrected chi connectivity index (χ0v) is 11.3. The van der Waals surface area contributed by atoms with E-state index in [9.17, 15) is 22.9 Å². The second-order valence-electron chi connectivity index (χ2n) is 3.21. The number of rotatable bonds is 5. The summed E-state index contributed by atoms with van der Waals surface area (Å²) in [6.07, 6.45) is 0. The monoisotopic (exact) mass is 338 g/mol. The maximum absolute atomic E-state index is 13.0. The van der Waals surface area contributed by atoms with Gasteiger partial charge in [0.05, 0.1) is 9.82 Å². The Kier molecular flexibility index (Phi) is 4.54. The third kappa shape index (κ3) is 3.59. The predicted molar refractivity (Wildman–Crippen MR) is 66.3 cm³/mol. The normalized spacial score (nSPS) is 11.2. The molecule has 1 aromatic carbocycles. The van der Waals surface area contributed by atoms with E-state index in [1.807, 2.05) is 0 Å². The van der Waals surface area contributed by atoms with Gasteiger partial charge >= 0.3 is 5.69 Å². The molecule has 1 rings (SSSR count). The van der Waals surface area contributed by atoms with Crippen molar-refractivity contribution in [1.82, 2.24) is 4.72 Å². The van der Waals surface area contributed by atoms with Crippen LogP contribution in [-0.2, 0) is 10.0 Å². The fourth-order valence-corrected chi connectivity index (χ4v) is 2.43. The lowest BCUT2D eigenvalue weighted by Crippen LogP contribution is -2.24. The van der Waals surface area contributed by atoms with Gasteiger partial charge in [-0.1, -0.05) is 22.5 Å². The summed E-state index contributed by atoms with van der Waals surface area (Å²) in [6, 6.07) is 2.34. The Balaban J connectivity index is 3.14. The average Bonchev–Trinajstić information content (AvgIpc) is 2.26. The number of nitrogens with zero attached hydrogens (tertiary/aromatic N) is 1. The van der Waals surface area contributed by atoms with Gasteiger partial charge in [-0.25, -0.2) is 13.1 Å². The number of nitro benzene ring substituents is 1. The molecule has 0 fully saturated rings. The van der Waals surface area contributed by atoms with Crippen molar-refractivity contribution in [3.63, 3.8) is 0 Å². The van der Waals surface area contributed by atoms with Crippen LogP contribution >= 0.6 is 15.9 Å². The highest BCUT2D eigenvalue weighted by Gasteiger charge is 2.21. The molecule has 0 spiro atoms. The van der Waals surface area contributed by atoms with Gasteiger partial charge in [0.1, 0.15) is 0 Å². The topological polar surface area (TPSA) is 89.3 Å². The Morgan fingerprint density at radius 3 is 2.67 bits per heavy atom. The second kappa shape index (κ2) is 5.55. The van der Waals surface area contributed by atoms with E-state index in [-0.39, 0.29) is 11.4 Å². The summed E-state index contributed by atoms with van der Waals surface area (Å²) in [5.74, 6) is -1.09. The summed E-state index contributed by atoms with van der Waals surface area (Å²) in [5, 5.41) is 10.5. The SMILES string of the molecule is C=C(Br)CNS(=O)(=O)c1ccc(F)c([N+](=O)[O-])c1. The largest absolute Gasteiger partial charge is 0.306 e. The first kappa shape index (κ1) is 14.7. The second-order valence-corrected chi connectivity index (χ2v) is 6.10. The van der Waals surface area contributed by atoms with Crippen molar-refractivity contribution in [2.24, 2.45) is 0 Å². The third-order valence-corrected chi connectivity index (χ3v) is 3.56. The van der Waals surface area contributed by atoms with E-state index in [1.54, 1.807) is 0 Å². The summed E-state index contributed by atoms with van der Waals surface area (Å²) in [7, 11) is -3.94. The van der Waals surface area contributed by atoms with Gasteiger partial charge in [-0.15, -0.1) is 0 Å². The molecule has 0 aliphatic rings. The van der Waals surface area contributed by atoms with Gasteiger partial charge in [0, 0.05) is 17.1 Å². The van der Waals surface area contributed by atoms with E-state index < -0.39 is 26.5 Å². The van der Waals surface area contributed by atoms with E-state index in [0.717, 1.165) is 12.1 Å². The summed E-state index contributed by atoms with van der Waals surface area (Å²) in [5.41, 5.74) is -0.893. The summed E-state index contributed by atoms with van der Waals surface area (Å²) in [4.78, 5) is 9.12. The first-order valence-corrected chi connectivity index (χ1v) is 6.78. The maximum atomic E-state index is 13.0. The van der Waals surface area contributed by atoms with Gasteiger partial charge in [0.2, 0.25) is 15.8 Å². The molecule has 0 heterocycles. The van der Waals surface area contributed by atoms with Gasteiger partial charge in [0.15, 0.2) is 0 Å². The van der Waals surface area contributed by atoms with Crippen LogP contribution in [0.5, 0.6) is 0 Å². The van der Waals surface area contributed by atoms with Crippen LogP contribution in [0.15, 0.2) is 34.2 Å². The number of sulfonamides is 1. The van der Waals surface area contributed by atoms with Gasteiger partial charge in [-0.05, 0) is 12.1 Å². The van der Waals surface area contributed by atoms with Crippen LogP contribution in [0, 0.1) is 15.9 Å². The van der Waals surface area contributed by atoms with Crippen LogP contribution in [0.3, 0.4) is 0 Å². The van der Waals surface area contributed by atoms with Gasteiger partial charge in [-0.2, -0.15) is 4.39 Å². The van der Waals surface area contributed by atoms with E-state index in [4.69, 9.17) is 0 Å². The van der Waals surface area contributed by atoms with Crippen LogP contribution in [0.4, 0.5) is 10.1 Å². The van der Waals surface area contributed by atoms with E-state index in [1.165, 1.54) is 0 Å². The van der Waals surface area contributed by atoms with Crippen LogP contribution in [0.1, 0.15) is 0 Å². The maximum Gasteiger partial charge on any atom is 0.306 e. The van der Waals surface area contributed by atoms with Crippen LogP contribution in [0.2, 0.25) is 0 Å². The molecule has 0 aliphatic carbocycles. The Morgan fingerprint density at radius 2 is 2.17 bits per heavy atom. The lowest BCUT2D eigenvalue weighted by atomic mass is 10.3. The van der Waals surface area contributed by atoms with E-state index >= 15 is 0 Å². The van der Waals surface area contributed by atoms with Crippen molar-refractivity contribution in [3.05, 3.63) is 45.2 Å². The molecule has 0 bridgehead atoms. The van der Waals surface area contributed by atoms with Gasteiger partial charge in [-0.3, -0.25) is 10.1 Å². The van der Waals surface area contributed by atoms with Crippen molar-refractivity contribution in [3.8, 4) is 0 Å². The molecule has 0 aromatic heterocycles. The molecule has 1 N–H and O–H groups in total. The Morgan fingerprint density at radius 1 is 1.56 bits per heavy atom. The van der Waals surface area contributed by atoms with Gasteiger partial charge < -0.3 is 0 Å². The van der Waals surface area contributed by atoms with Crippen molar-refractivity contribution in [2.75, 3.05) is 6.54 Å².